The lowest BCUT2D eigenvalue weighted by molar-refractivity contribution is -0.141. The molecule has 3 N–H and O–H groups in total. The molecule has 2 rings (SSSR count). The molecule has 0 saturated heterocycles. The van der Waals surface area contributed by atoms with E-state index < -0.39 is 29.4 Å². The number of pyridine rings is 1. The zero-order chi connectivity index (χ0) is 20.2. The van der Waals surface area contributed by atoms with E-state index in [1.54, 1.807) is 0 Å². The summed E-state index contributed by atoms with van der Waals surface area (Å²) in [5.41, 5.74) is 4.69. The minimum absolute atomic E-state index is 0.00448. The number of benzene rings is 1. The number of carbonyl (C=O) groups is 2. The van der Waals surface area contributed by atoms with Crippen LogP contribution in [0.15, 0.2) is 35.3 Å². The van der Waals surface area contributed by atoms with Gasteiger partial charge in [-0.05, 0) is 24.3 Å². The predicted octanol–water partition coefficient (Wildman–Crippen LogP) is 2.77. The molecular weight excluding hydrogens is 365 g/mol. The maximum Gasteiger partial charge on any atom is 0.433 e. The molecule has 27 heavy (non-hydrogen) atoms. The summed E-state index contributed by atoms with van der Waals surface area (Å²) in [6.45, 7) is 0. The molecule has 0 unspecified atom stereocenters. The van der Waals surface area contributed by atoms with Gasteiger partial charge < -0.3 is 15.8 Å². The van der Waals surface area contributed by atoms with Crippen molar-refractivity contribution in [2.24, 2.45) is 4.99 Å². The number of nitrogen functional groups attached to an aromatic ring is 1. The van der Waals surface area contributed by atoms with Crippen LogP contribution < -0.4 is 11.1 Å². The molecule has 0 atom stereocenters. The lowest BCUT2D eigenvalue weighted by atomic mass is 10.1. The van der Waals surface area contributed by atoms with Gasteiger partial charge in [0, 0.05) is 24.5 Å². The summed E-state index contributed by atoms with van der Waals surface area (Å²) in [5.74, 6) is -1.72. The highest BCUT2D eigenvalue weighted by atomic mass is 19.4. The van der Waals surface area contributed by atoms with Gasteiger partial charge in [0.05, 0.1) is 18.4 Å². The number of methoxy groups -OCH3 is 1. The van der Waals surface area contributed by atoms with Crippen LogP contribution in [-0.2, 0) is 10.9 Å². The number of amides is 1. The van der Waals surface area contributed by atoms with E-state index >= 15 is 0 Å². The second-order valence-electron chi connectivity index (χ2n) is 5.27. The number of carbonyl (C=O) groups excluding carboxylic acids is 2. The topological polar surface area (TPSA) is 107 Å². The number of aromatic nitrogens is 1. The third-order valence-corrected chi connectivity index (χ3v) is 3.42. The van der Waals surface area contributed by atoms with E-state index in [0.29, 0.717) is 5.56 Å². The van der Waals surface area contributed by atoms with Gasteiger partial charge in [-0.15, -0.1) is 0 Å². The number of hydrogen-bond donors (Lipinski definition) is 2. The van der Waals surface area contributed by atoms with E-state index in [-0.39, 0.29) is 16.9 Å². The average molecular weight is 380 g/mol. The number of rotatable bonds is 4. The summed E-state index contributed by atoms with van der Waals surface area (Å²) < 4.78 is 43.0. The molecule has 1 heterocycles. The molecule has 7 nitrogen and oxygen atoms in total. The van der Waals surface area contributed by atoms with Crippen LogP contribution in [0.25, 0.3) is 0 Å². The molecule has 0 saturated carbocycles. The smallest absolute Gasteiger partial charge is 0.433 e. The van der Waals surface area contributed by atoms with E-state index in [1.807, 2.05) is 0 Å². The number of halogens is 3. The zero-order valence-electron chi connectivity index (χ0n) is 14.3. The molecule has 0 spiro atoms. The fraction of sp³-hybridized carbons (Fsp3) is 0.176. The molecule has 142 valence electrons. The predicted molar refractivity (Wildman–Crippen MR) is 92.9 cm³/mol. The Morgan fingerprint density at radius 1 is 1.30 bits per heavy atom. The van der Waals surface area contributed by atoms with Gasteiger partial charge in [0.1, 0.15) is 11.4 Å². The van der Waals surface area contributed by atoms with Crippen LogP contribution in [-0.4, -0.2) is 37.2 Å². The van der Waals surface area contributed by atoms with Crippen LogP contribution in [0.5, 0.6) is 0 Å². The van der Waals surface area contributed by atoms with E-state index in [4.69, 9.17) is 5.73 Å². The van der Waals surface area contributed by atoms with Crippen LogP contribution in [0.4, 0.5) is 24.5 Å². The summed E-state index contributed by atoms with van der Waals surface area (Å²) in [6, 6.07) is 5.56. The molecule has 0 bridgehead atoms. The average Bonchev–Trinajstić information content (AvgIpc) is 2.63. The summed E-state index contributed by atoms with van der Waals surface area (Å²) in [5, 5.41) is 2.36. The van der Waals surface area contributed by atoms with Gasteiger partial charge in [-0.25, -0.2) is 9.78 Å². The van der Waals surface area contributed by atoms with Gasteiger partial charge in [0.15, 0.2) is 0 Å². The van der Waals surface area contributed by atoms with Crippen LogP contribution in [0.2, 0.25) is 0 Å². The van der Waals surface area contributed by atoms with E-state index in [2.05, 4.69) is 20.0 Å². The number of nitrogens with zero attached hydrogens (tertiary/aromatic N) is 2. The van der Waals surface area contributed by atoms with Crippen molar-refractivity contribution in [1.29, 1.82) is 0 Å². The molecule has 1 aromatic carbocycles. The number of hydrogen-bond acceptors (Lipinski definition) is 6. The Labute approximate surface area is 152 Å². The maximum absolute atomic E-state index is 12.8. The highest BCUT2D eigenvalue weighted by Gasteiger charge is 2.33. The number of anilines is 2. The summed E-state index contributed by atoms with van der Waals surface area (Å²) in [6.07, 6.45) is -3.30. The SMILES string of the molecule is C/N=C/c1cc(NC(=O)c2cccc(C(F)(F)F)n2)c(C(=O)OC)cc1N. The summed E-state index contributed by atoms with van der Waals surface area (Å²) in [7, 11) is 2.64. The van der Waals surface area contributed by atoms with Crippen molar-refractivity contribution in [3.8, 4) is 0 Å². The third-order valence-electron chi connectivity index (χ3n) is 3.42. The Hall–Kier alpha value is -3.43. The fourth-order valence-corrected chi connectivity index (χ4v) is 2.17. The molecule has 0 aliphatic heterocycles. The first kappa shape index (κ1) is 19.9. The number of aliphatic imine (C=N–C) groups is 1. The summed E-state index contributed by atoms with van der Waals surface area (Å²) in [4.78, 5) is 31.4. The van der Waals surface area contributed by atoms with E-state index in [9.17, 15) is 22.8 Å². The quantitative estimate of drug-likeness (QED) is 0.482. The Balaban J connectivity index is 2.45. The number of nitrogens with two attached hydrogens (primary N) is 1. The first-order chi connectivity index (χ1) is 12.7. The minimum atomic E-state index is -4.70. The normalized spacial score (nSPS) is 11.4. The highest BCUT2D eigenvalue weighted by molar-refractivity contribution is 6.08. The van der Waals surface area contributed by atoms with Crippen molar-refractivity contribution < 1.29 is 27.5 Å². The molecular formula is C17H15F3N4O3. The third kappa shape index (κ3) is 4.60. The van der Waals surface area contributed by atoms with Gasteiger partial charge in [-0.3, -0.25) is 9.79 Å². The van der Waals surface area contributed by atoms with Crippen LogP contribution in [0.3, 0.4) is 0 Å². The largest absolute Gasteiger partial charge is 0.465 e. The molecule has 2 aromatic rings. The van der Waals surface area contributed by atoms with Gasteiger partial charge in [0.25, 0.3) is 5.91 Å². The van der Waals surface area contributed by atoms with Gasteiger partial charge in [-0.1, -0.05) is 6.07 Å². The Morgan fingerprint density at radius 3 is 2.59 bits per heavy atom. The van der Waals surface area contributed by atoms with Gasteiger partial charge in [-0.2, -0.15) is 13.2 Å². The Bertz CT molecular complexity index is 911. The van der Waals surface area contributed by atoms with Crippen LogP contribution >= 0.6 is 0 Å². The highest BCUT2D eigenvalue weighted by Crippen LogP contribution is 2.28. The van der Waals surface area contributed by atoms with E-state index in [0.717, 1.165) is 25.3 Å². The first-order valence-electron chi connectivity index (χ1n) is 7.47. The number of ether oxygens (including phenoxy) is 1. The molecule has 0 fully saturated rings. The van der Waals surface area contributed by atoms with Crippen LogP contribution in [0, 0.1) is 0 Å². The number of esters is 1. The van der Waals surface area contributed by atoms with Crippen LogP contribution in [0.1, 0.15) is 32.1 Å². The summed E-state index contributed by atoms with van der Waals surface area (Å²) >= 11 is 0. The first-order valence-corrected chi connectivity index (χ1v) is 7.47. The lowest BCUT2D eigenvalue weighted by Crippen LogP contribution is -2.19. The molecule has 1 amide bonds. The molecule has 1 aromatic heterocycles. The van der Waals surface area contributed by atoms with E-state index in [1.165, 1.54) is 25.4 Å². The van der Waals surface area contributed by atoms with Gasteiger partial charge in [0.2, 0.25) is 0 Å². The van der Waals surface area contributed by atoms with Gasteiger partial charge >= 0.3 is 12.1 Å². The fourth-order valence-electron chi connectivity index (χ4n) is 2.17. The maximum atomic E-state index is 12.8. The molecule has 0 radical (unpaired) electrons. The molecule has 0 aliphatic carbocycles. The Kier molecular flexibility index (Phi) is 5.78. The second kappa shape index (κ2) is 7.85. The van der Waals surface area contributed by atoms with Crippen molar-refractivity contribution in [3.63, 3.8) is 0 Å². The number of alkyl halides is 3. The zero-order valence-corrected chi connectivity index (χ0v) is 14.3. The van der Waals surface area contributed by atoms with Crippen molar-refractivity contribution in [2.45, 2.75) is 6.18 Å². The standard InChI is InChI=1S/C17H15F3N4O3/c1-22-8-9-6-13(10(7-11(9)21)16(26)27-2)24-15(25)12-4-3-5-14(23-12)17(18,19)20/h3-8H,21H2,1-2H3,(H,24,25)/b22-8+. The van der Waals surface area contributed by atoms with Crippen molar-refractivity contribution in [3.05, 3.63) is 52.8 Å². The lowest BCUT2D eigenvalue weighted by Gasteiger charge is -2.13. The molecule has 10 heteroatoms. The van der Waals surface area contributed by atoms with Crippen molar-refractivity contribution in [1.82, 2.24) is 4.98 Å². The Morgan fingerprint density at radius 2 is 2.00 bits per heavy atom. The molecule has 0 aliphatic rings. The number of nitrogens with one attached hydrogen (secondary N) is 1. The second-order valence-corrected chi connectivity index (χ2v) is 5.27. The van der Waals surface area contributed by atoms with Crippen molar-refractivity contribution in [2.75, 3.05) is 25.2 Å². The minimum Gasteiger partial charge on any atom is -0.465 e. The van der Waals surface area contributed by atoms with Crippen molar-refractivity contribution >= 4 is 29.5 Å². The monoisotopic (exact) mass is 380 g/mol.